The average molecular weight is 454 g/mol. The molecule has 33 heavy (non-hydrogen) atoms. The molecule has 3 amide bonds. The zero-order chi connectivity index (χ0) is 24.2. The summed E-state index contributed by atoms with van der Waals surface area (Å²) in [7, 11) is 0. The number of amides is 3. The number of carbonyl (C=O) groups excluding carboxylic acids is 3. The van der Waals surface area contributed by atoms with Gasteiger partial charge in [0.25, 0.3) is 17.7 Å². The molecule has 2 rings (SSSR count). The molecule has 0 aliphatic heterocycles. The van der Waals surface area contributed by atoms with E-state index in [-0.39, 0.29) is 12.5 Å². The van der Waals surface area contributed by atoms with Crippen LogP contribution in [0, 0.1) is 0 Å². The zero-order valence-corrected chi connectivity index (χ0v) is 19.7. The Kier molecular flexibility index (Phi) is 10.6. The maximum Gasteiger partial charge on any atom is 0.253 e. The number of nitrogens with zero attached hydrogens (tertiary/aromatic N) is 1. The van der Waals surface area contributed by atoms with E-state index < -0.39 is 24.0 Å². The maximum absolute atomic E-state index is 12.9. The molecule has 0 saturated carbocycles. The minimum Gasteiger partial charge on any atom is -0.381 e. The monoisotopic (exact) mass is 453 g/mol. The highest BCUT2D eigenvalue weighted by Gasteiger charge is 2.27. The Balaban J connectivity index is 2.03. The van der Waals surface area contributed by atoms with E-state index in [0.29, 0.717) is 30.6 Å². The molecule has 3 N–H and O–H groups in total. The van der Waals surface area contributed by atoms with Gasteiger partial charge in [0, 0.05) is 30.8 Å². The van der Waals surface area contributed by atoms with Crippen LogP contribution in [-0.2, 0) is 11.3 Å². The summed E-state index contributed by atoms with van der Waals surface area (Å²) in [5, 5.41) is 15.9. The molecule has 0 bridgehead atoms. The number of carbonyl (C=O) groups is 3. The second kappa shape index (κ2) is 13.4. The summed E-state index contributed by atoms with van der Waals surface area (Å²) in [5.74, 6) is -1.10. The molecule has 0 heterocycles. The number of hydrogen-bond donors (Lipinski definition) is 3. The highest BCUT2D eigenvalue weighted by Crippen LogP contribution is 2.11. The van der Waals surface area contributed by atoms with Gasteiger partial charge in [0.2, 0.25) is 0 Å². The van der Waals surface area contributed by atoms with Crippen LogP contribution in [0.1, 0.15) is 66.3 Å². The van der Waals surface area contributed by atoms with Crippen LogP contribution in [0.4, 0.5) is 0 Å². The van der Waals surface area contributed by atoms with E-state index >= 15 is 0 Å². The molecule has 0 radical (unpaired) electrons. The molecule has 0 aliphatic carbocycles. The van der Waals surface area contributed by atoms with Crippen LogP contribution >= 0.6 is 0 Å². The zero-order valence-electron chi connectivity index (χ0n) is 19.7. The minimum absolute atomic E-state index is 0.110. The second-order valence-corrected chi connectivity index (χ2v) is 8.01. The van der Waals surface area contributed by atoms with E-state index in [9.17, 15) is 19.5 Å². The van der Waals surface area contributed by atoms with Gasteiger partial charge < -0.3 is 20.6 Å². The number of rotatable bonds is 12. The van der Waals surface area contributed by atoms with Crippen LogP contribution in [0.15, 0.2) is 54.6 Å². The number of benzene rings is 2. The molecule has 0 saturated heterocycles. The Morgan fingerprint density at radius 3 is 2.15 bits per heavy atom. The molecule has 2 aromatic rings. The predicted molar refractivity (Wildman–Crippen MR) is 129 cm³/mol. The molecule has 0 fully saturated rings. The second-order valence-electron chi connectivity index (χ2n) is 8.01. The molecule has 2 aromatic carbocycles. The number of aliphatic hydroxyl groups excluding tert-OH is 1. The van der Waals surface area contributed by atoms with Crippen molar-refractivity contribution >= 4 is 17.7 Å². The van der Waals surface area contributed by atoms with Crippen molar-refractivity contribution in [3.8, 4) is 0 Å². The van der Waals surface area contributed by atoms with Gasteiger partial charge >= 0.3 is 0 Å². The lowest BCUT2D eigenvalue weighted by Gasteiger charge is -2.23. The summed E-state index contributed by atoms with van der Waals surface area (Å²) in [6.07, 6.45) is 0.685. The summed E-state index contributed by atoms with van der Waals surface area (Å²) < 4.78 is 0. The average Bonchev–Trinajstić information content (AvgIpc) is 2.85. The van der Waals surface area contributed by atoms with Gasteiger partial charge in [-0.15, -0.1) is 0 Å². The van der Waals surface area contributed by atoms with Crippen molar-refractivity contribution in [1.82, 2.24) is 15.5 Å². The third-order valence-electron chi connectivity index (χ3n) is 5.36. The van der Waals surface area contributed by atoms with Crippen LogP contribution < -0.4 is 10.6 Å². The van der Waals surface area contributed by atoms with Crippen molar-refractivity contribution in [1.29, 1.82) is 0 Å². The summed E-state index contributed by atoms with van der Waals surface area (Å²) in [5.41, 5.74) is 1.67. The smallest absolute Gasteiger partial charge is 0.253 e. The van der Waals surface area contributed by atoms with Crippen molar-refractivity contribution in [3.63, 3.8) is 0 Å². The van der Waals surface area contributed by atoms with E-state index in [4.69, 9.17) is 0 Å². The highest BCUT2D eigenvalue weighted by molar-refractivity contribution is 6.00. The fourth-order valence-corrected chi connectivity index (χ4v) is 3.56. The fraction of sp³-hybridized carbons (Fsp3) is 0.423. The Bertz CT molecular complexity index is 911. The molecule has 0 spiro atoms. The van der Waals surface area contributed by atoms with Gasteiger partial charge in [0.05, 0.1) is 6.04 Å². The lowest BCUT2D eigenvalue weighted by atomic mass is 10.0. The first-order valence-corrected chi connectivity index (χ1v) is 11.6. The molecule has 2 atom stereocenters. The standard InChI is InChI=1S/C26H35N3O4/c1-4-15-29(16-5-2)26(33)21-14-10-13-20(17-21)24(31)28-22(6-3)23(30)25(32)27-18-19-11-8-7-9-12-19/h7-14,17,22-23,30H,4-6,15-16,18H2,1-3H3,(H,27,32)(H,28,31)/t22-,23?/m0/s1. The molecule has 7 heteroatoms. The van der Waals surface area contributed by atoms with E-state index in [2.05, 4.69) is 10.6 Å². The Morgan fingerprint density at radius 2 is 1.55 bits per heavy atom. The SMILES string of the molecule is CCCN(CCC)C(=O)c1cccc(C(=O)N[C@@H](CC)C(O)C(=O)NCc2ccccc2)c1. The normalized spacial score (nSPS) is 12.5. The molecular weight excluding hydrogens is 418 g/mol. The van der Waals surface area contributed by atoms with Crippen LogP contribution in [0.2, 0.25) is 0 Å². The van der Waals surface area contributed by atoms with Gasteiger partial charge in [-0.25, -0.2) is 0 Å². The lowest BCUT2D eigenvalue weighted by Crippen LogP contribution is -2.50. The maximum atomic E-state index is 12.9. The van der Waals surface area contributed by atoms with E-state index in [1.165, 1.54) is 0 Å². The first-order valence-electron chi connectivity index (χ1n) is 11.6. The van der Waals surface area contributed by atoms with Crippen molar-refractivity contribution in [3.05, 3.63) is 71.3 Å². The van der Waals surface area contributed by atoms with Crippen LogP contribution in [0.25, 0.3) is 0 Å². The molecular formula is C26H35N3O4. The topological polar surface area (TPSA) is 98.7 Å². The van der Waals surface area contributed by atoms with Crippen molar-refractivity contribution in [2.75, 3.05) is 13.1 Å². The largest absolute Gasteiger partial charge is 0.381 e. The quantitative estimate of drug-likeness (QED) is 0.460. The van der Waals surface area contributed by atoms with Gasteiger partial charge in [-0.3, -0.25) is 14.4 Å². The molecule has 0 aromatic heterocycles. The summed E-state index contributed by atoms with van der Waals surface area (Å²) in [6.45, 7) is 7.43. The van der Waals surface area contributed by atoms with Gasteiger partial charge in [0.1, 0.15) is 0 Å². The Morgan fingerprint density at radius 1 is 0.909 bits per heavy atom. The van der Waals surface area contributed by atoms with E-state index in [0.717, 1.165) is 18.4 Å². The first kappa shape index (κ1) is 26.1. The van der Waals surface area contributed by atoms with Crippen LogP contribution in [0.3, 0.4) is 0 Å². The van der Waals surface area contributed by atoms with E-state index in [1.807, 2.05) is 44.2 Å². The molecule has 7 nitrogen and oxygen atoms in total. The van der Waals surface area contributed by atoms with Crippen LogP contribution in [0.5, 0.6) is 0 Å². The lowest BCUT2D eigenvalue weighted by molar-refractivity contribution is -0.130. The van der Waals surface area contributed by atoms with Crippen LogP contribution in [-0.4, -0.2) is 53.0 Å². The third kappa shape index (κ3) is 7.71. The van der Waals surface area contributed by atoms with Crippen molar-refractivity contribution in [2.45, 2.75) is 58.7 Å². The van der Waals surface area contributed by atoms with Gasteiger partial charge in [-0.05, 0) is 43.0 Å². The van der Waals surface area contributed by atoms with Gasteiger partial charge in [-0.1, -0.05) is 57.2 Å². The van der Waals surface area contributed by atoms with Crippen molar-refractivity contribution < 1.29 is 19.5 Å². The number of hydrogen-bond acceptors (Lipinski definition) is 4. The summed E-state index contributed by atoms with van der Waals surface area (Å²) in [4.78, 5) is 39.9. The summed E-state index contributed by atoms with van der Waals surface area (Å²) >= 11 is 0. The molecule has 178 valence electrons. The first-order chi connectivity index (χ1) is 15.9. The Hall–Kier alpha value is -3.19. The molecule has 0 aliphatic rings. The van der Waals surface area contributed by atoms with Gasteiger partial charge in [-0.2, -0.15) is 0 Å². The number of aliphatic hydroxyl groups is 1. The van der Waals surface area contributed by atoms with E-state index in [1.54, 1.807) is 36.1 Å². The molecule has 1 unspecified atom stereocenters. The summed E-state index contributed by atoms with van der Waals surface area (Å²) in [6, 6.07) is 15.2. The third-order valence-corrected chi connectivity index (χ3v) is 5.36. The highest BCUT2D eigenvalue weighted by atomic mass is 16.3. The predicted octanol–water partition coefficient (Wildman–Crippen LogP) is 3.13. The fourth-order valence-electron chi connectivity index (χ4n) is 3.56. The van der Waals surface area contributed by atoms with Gasteiger partial charge in [0.15, 0.2) is 6.10 Å². The number of nitrogens with one attached hydrogen (secondary N) is 2. The Labute approximate surface area is 196 Å². The van der Waals surface area contributed by atoms with Crippen molar-refractivity contribution in [2.24, 2.45) is 0 Å². The minimum atomic E-state index is -1.39.